The van der Waals surface area contributed by atoms with Crippen molar-refractivity contribution < 1.29 is 26.7 Å². The van der Waals surface area contributed by atoms with Crippen molar-refractivity contribution >= 4 is 21.3 Å². The number of carbonyl (C=O) groups is 1. The number of hydrogen-bond donors (Lipinski definition) is 0. The van der Waals surface area contributed by atoms with Crippen molar-refractivity contribution in [3.8, 4) is 11.4 Å². The van der Waals surface area contributed by atoms with E-state index in [9.17, 15) is 22.2 Å². The number of halogens is 3. The summed E-state index contributed by atoms with van der Waals surface area (Å²) in [5, 5.41) is 3.31. The van der Waals surface area contributed by atoms with Crippen molar-refractivity contribution in [1.29, 1.82) is 0 Å². The summed E-state index contributed by atoms with van der Waals surface area (Å²) in [4.78, 5) is 19.3. The zero-order valence-electron chi connectivity index (χ0n) is 13.5. The summed E-state index contributed by atoms with van der Waals surface area (Å²) < 4.78 is 58.4. The van der Waals surface area contributed by atoms with Gasteiger partial charge < -0.3 is 8.92 Å². The number of alkyl halides is 3. The Morgan fingerprint density at radius 3 is 2.62 bits per heavy atom. The largest absolute Gasteiger partial charge is 0.471 e. The molecule has 3 heterocycles. The molecular formula is C14H12F3N5O3S. The molecule has 0 aliphatic rings. The van der Waals surface area contributed by atoms with E-state index in [0.717, 1.165) is 0 Å². The van der Waals surface area contributed by atoms with Gasteiger partial charge in [0.05, 0.1) is 12.1 Å². The first kappa shape index (κ1) is 18.0. The van der Waals surface area contributed by atoms with Gasteiger partial charge in [0.2, 0.25) is 5.82 Å². The second-order valence-corrected chi connectivity index (χ2v) is 8.22. The highest BCUT2D eigenvalue weighted by atomic mass is 32.2. The third-order valence-corrected chi connectivity index (χ3v) is 3.72. The van der Waals surface area contributed by atoms with E-state index in [2.05, 4.69) is 24.0 Å². The van der Waals surface area contributed by atoms with Crippen LogP contribution in [0.1, 0.15) is 11.6 Å². The van der Waals surface area contributed by atoms with E-state index in [0.29, 0.717) is 11.3 Å². The topological polar surface area (TPSA) is 103 Å². The summed E-state index contributed by atoms with van der Waals surface area (Å²) >= 11 is 0. The van der Waals surface area contributed by atoms with Crippen molar-refractivity contribution in [3.63, 3.8) is 0 Å². The lowest BCUT2D eigenvalue weighted by molar-refractivity contribution is -0.159. The van der Waals surface area contributed by atoms with Gasteiger partial charge >= 0.3 is 12.1 Å². The molecule has 0 unspecified atom stereocenters. The third kappa shape index (κ3) is 4.07. The number of imidazole rings is 1. The maximum absolute atomic E-state index is 12.5. The molecule has 26 heavy (non-hydrogen) atoms. The molecule has 3 aromatic heterocycles. The van der Waals surface area contributed by atoms with Crippen LogP contribution in [0.2, 0.25) is 0 Å². The van der Waals surface area contributed by atoms with Gasteiger partial charge in [-0.1, -0.05) is 5.16 Å². The molecule has 0 fully saturated rings. The number of amides is 1. The van der Waals surface area contributed by atoms with Gasteiger partial charge in [0.25, 0.3) is 5.91 Å². The highest BCUT2D eigenvalue weighted by Gasteiger charge is 2.38. The molecule has 0 aromatic carbocycles. The molecule has 0 aliphatic heterocycles. The molecule has 0 atom stereocenters. The first-order valence-electron chi connectivity index (χ1n) is 7.10. The molecular weight excluding hydrogens is 375 g/mol. The second-order valence-electron chi connectivity index (χ2n) is 5.68. The minimum absolute atomic E-state index is 0.143. The Hall–Kier alpha value is -2.76. The lowest BCUT2D eigenvalue weighted by Gasteiger charge is -1.97. The van der Waals surface area contributed by atoms with Crippen LogP contribution in [0.25, 0.3) is 17.0 Å². The lowest BCUT2D eigenvalue weighted by atomic mass is 10.3. The number of aromatic nitrogens is 4. The van der Waals surface area contributed by atoms with Crippen LogP contribution in [0, 0.1) is 0 Å². The lowest BCUT2D eigenvalue weighted by Crippen LogP contribution is -2.04. The van der Waals surface area contributed by atoms with E-state index in [1.54, 1.807) is 0 Å². The summed E-state index contributed by atoms with van der Waals surface area (Å²) in [5.41, 5.74) is 1.12. The molecule has 0 radical (unpaired) electrons. The standard InChI is InChI=1S/C14H12F3N5O3S/c1-26(2,24)21-11(23)5-9-7-22-6-8(3-4-10(22)18-9)12-19-13(25-20-12)14(15,16)17/h3-4,6-7H,5H2,1-2H3. The Kier molecular flexibility index (Phi) is 4.30. The molecule has 0 bridgehead atoms. The van der Waals surface area contributed by atoms with E-state index < -0.39 is 27.7 Å². The molecule has 0 saturated carbocycles. The maximum Gasteiger partial charge on any atom is 0.471 e. The molecule has 3 aromatic rings. The maximum atomic E-state index is 12.5. The number of carbonyl (C=O) groups excluding carboxylic acids is 1. The summed E-state index contributed by atoms with van der Waals surface area (Å²) in [7, 11) is -2.55. The number of nitrogens with zero attached hydrogens (tertiary/aromatic N) is 5. The molecule has 8 nitrogen and oxygen atoms in total. The number of rotatable bonds is 3. The molecule has 12 heteroatoms. The van der Waals surface area contributed by atoms with Crippen LogP contribution in [-0.4, -0.2) is 42.2 Å². The Bertz CT molecular complexity index is 1100. The minimum atomic E-state index is -4.72. The molecule has 138 valence electrons. The van der Waals surface area contributed by atoms with Crippen molar-refractivity contribution in [3.05, 3.63) is 36.1 Å². The van der Waals surface area contributed by atoms with Gasteiger partial charge in [0.15, 0.2) is 0 Å². The molecule has 3 rings (SSSR count). The van der Waals surface area contributed by atoms with Gasteiger partial charge in [-0.3, -0.25) is 4.79 Å². The molecule has 0 spiro atoms. The summed E-state index contributed by atoms with van der Waals surface area (Å²) in [6, 6.07) is 3.01. The molecule has 0 saturated heterocycles. The van der Waals surface area contributed by atoms with Gasteiger partial charge in [-0.05, 0) is 12.1 Å². The first-order chi connectivity index (χ1) is 12.0. The monoisotopic (exact) mass is 387 g/mol. The number of hydrogen-bond acceptors (Lipinski definition) is 6. The zero-order chi connectivity index (χ0) is 19.1. The van der Waals surface area contributed by atoms with Gasteiger partial charge in [-0.15, -0.1) is 0 Å². The zero-order valence-corrected chi connectivity index (χ0v) is 14.3. The Balaban J connectivity index is 1.89. The van der Waals surface area contributed by atoms with Gasteiger partial charge in [0.1, 0.15) is 5.65 Å². The van der Waals surface area contributed by atoms with Crippen LogP contribution >= 0.6 is 0 Å². The van der Waals surface area contributed by atoms with Crippen LogP contribution < -0.4 is 0 Å². The van der Waals surface area contributed by atoms with E-state index in [-0.39, 0.29) is 17.8 Å². The van der Waals surface area contributed by atoms with Crippen LogP contribution in [0.3, 0.4) is 0 Å². The Morgan fingerprint density at radius 2 is 2.00 bits per heavy atom. The van der Waals surface area contributed by atoms with Crippen LogP contribution in [0.15, 0.2) is 33.4 Å². The number of fused-ring (bicyclic) bond motifs is 1. The molecule has 0 aliphatic carbocycles. The average Bonchev–Trinajstić information content (AvgIpc) is 3.09. The van der Waals surface area contributed by atoms with Crippen molar-refractivity contribution in [2.24, 2.45) is 4.36 Å². The van der Waals surface area contributed by atoms with Crippen LogP contribution in [-0.2, 0) is 27.1 Å². The second kappa shape index (κ2) is 6.20. The van der Waals surface area contributed by atoms with E-state index in [4.69, 9.17) is 0 Å². The predicted octanol–water partition coefficient (Wildman–Crippen LogP) is 2.20. The van der Waals surface area contributed by atoms with E-state index in [1.165, 1.54) is 41.4 Å². The highest BCUT2D eigenvalue weighted by Crippen LogP contribution is 2.29. The normalized spacial score (nSPS) is 12.5. The van der Waals surface area contributed by atoms with Crippen molar-refractivity contribution in [2.75, 3.05) is 12.5 Å². The van der Waals surface area contributed by atoms with E-state index in [1.807, 2.05) is 0 Å². The SMILES string of the molecule is CS(C)(=O)=NC(=O)Cc1cn2cc(-c3noc(C(F)(F)F)n3)ccc2n1. The van der Waals surface area contributed by atoms with E-state index >= 15 is 0 Å². The minimum Gasteiger partial charge on any atom is -0.329 e. The predicted molar refractivity (Wildman–Crippen MR) is 84.6 cm³/mol. The fraction of sp³-hybridized carbons (Fsp3) is 0.286. The van der Waals surface area contributed by atoms with Gasteiger partial charge in [-0.25, -0.2) is 9.19 Å². The third-order valence-electron chi connectivity index (χ3n) is 3.08. The summed E-state index contributed by atoms with van der Waals surface area (Å²) in [5.74, 6) is -2.23. The van der Waals surface area contributed by atoms with Gasteiger partial charge in [-0.2, -0.15) is 22.5 Å². The Labute approximate surface area is 145 Å². The van der Waals surface area contributed by atoms with Crippen LogP contribution in [0.4, 0.5) is 13.2 Å². The average molecular weight is 387 g/mol. The fourth-order valence-electron chi connectivity index (χ4n) is 2.15. The number of pyridine rings is 1. The van der Waals surface area contributed by atoms with Crippen molar-refractivity contribution in [2.45, 2.75) is 12.6 Å². The first-order valence-corrected chi connectivity index (χ1v) is 9.43. The summed E-state index contributed by atoms with van der Waals surface area (Å²) in [6.07, 6.45) is 0.808. The fourth-order valence-corrected chi connectivity index (χ4v) is 2.71. The summed E-state index contributed by atoms with van der Waals surface area (Å²) in [6.45, 7) is 0. The molecule has 0 N–H and O–H groups in total. The van der Waals surface area contributed by atoms with Crippen LogP contribution in [0.5, 0.6) is 0 Å². The quantitative estimate of drug-likeness (QED) is 0.683. The van der Waals surface area contributed by atoms with Gasteiger partial charge in [0, 0.05) is 40.2 Å². The Morgan fingerprint density at radius 1 is 1.27 bits per heavy atom. The highest BCUT2D eigenvalue weighted by molar-refractivity contribution is 7.92. The smallest absolute Gasteiger partial charge is 0.329 e. The van der Waals surface area contributed by atoms with Crippen molar-refractivity contribution in [1.82, 2.24) is 19.5 Å². The molecule has 1 amide bonds.